The van der Waals surface area contributed by atoms with Crippen LogP contribution in [-0.2, 0) is 0 Å². The van der Waals surface area contributed by atoms with E-state index in [1.54, 1.807) is 0 Å². The van der Waals surface area contributed by atoms with Crippen LogP contribution in [0.15, 0.2) is 77.5 Å². The zero-order valence-corrected chi connectivity index (χ0v) is 18.4. The normalized spacial score (nSPS) is 14.9. The summed E-state index contributed by atoms with van der Waals surface area (Å²) < 4.78 is 3.35. The average molecular weight is 443 g/mol. The van der Waals surface area contributed by atoms with Crippen LogP contribution in [0.4, 0.5) is 0 Å². The summed E-state index contributed by atoms with van der Waals surface area (Å²) in [5, 5.41) is 0. The van der Waals surface area contributed by atoms with E-state index in [0.717, 1.165) is 15.9 Å². The van der Waals surface area contributed by atoms with Crippen LogP contribution in [0.2, 0.25) is 0 Å². The van der Waals surface area contributed by atoms with Gasteiger partial charge < -0.3 is 0 Å². The van der Waals surface area contributed by atoms with Crippen molar-refractivity contribution in [2.45, 2.75) is 32.6 Å². The van der Waals surface area contributed by atoms with Crippen molar-refractivity contribution >= 4 is 15.9 Å². The molecule has 0 fully saturated rings. The standard InChI is InChI=1S/C26H23BrN2/c1-16(2)21-9-6-10-23-17(3)22-7-4-5-8-24(22)18-13-19(15-20(27)14-18)26-28-11-12-29(26)25(21)23/h4-17H,1-3H3. The van der Waals surface area contributed by atoms with Crippen molar-refractivity contribution in [1.82, 2.24) is 9.55 Å². The fourth-order valence-corrected chi connectivity index (χ4v) is 5.04. The lowest BCUT2D eigenvalue weighted by Crippen LogP contribution is -2.11. The lowest BCUT2D eigenvalue weighted by atomic mass is 9.83. The van der Waals surface area contributed by atoms with Gasteiger partial charge in [0, 0.05) is 28.3 Å². The van der Waals surface area contributed by atoms with Crippen LogP contribution in [0.3, 0.4) is 0 Å². The van der Waals surface area contributed by atoms with Gasteiger partial charge in [0.15, 0.2) is 0 Å². The topological polar surface area (TPSA) is 17.8 Å². The van der Waals surface area contributed by atoms with Gasteiger partial charge in [-0.1, -0.05) is 79.2 Å². The Hall–Kier alpha value is -2.65. The van der Waals surface area contributed by atoms with Crippen molar-refractivity contribution in [3.8, 4) is 28.2 Å². The van der Waals surface area contributed by atoms with Gasteiger partial charge in [-0.2, -0.15) is 0 Å². The molecule has 0 N–H and O–H groups in total. The summed E-state index contributed by atoms with van der Waals surface area (Å²) in [6, 6.07) is 22.1. The van der Waals surface area contributed by atoms with Gasteiger partial charge in [0.2, 0.25) is 0 Å². The fraction of sp³-hybridized carbons (Fsp3) is 0.192. The fourth-order valence-electron chi connectivity index (χ4n) is 4.55. The van der Waals surface area contributed by atoms with E-state index in [-0.39, 0.29) is 5.92 Å². The first-order valence-electron chi connectivity index (χ1n) is 10.1. The summed E-state index contributed by atoms with van der Waals surface area (Å²) in [5.74, 6) is 1.66. The van der Waals surface area contributed by atoms with Gasteiger partial charge in [0.05, 0.1) is 5.69 Å². The highest BCUT2D eigenvalue weighted by Gasteiger charge is 2.24. The molecule has 0 saturated carbocycles. The number of hydrogen-bond donors (Lipinski definition) is 0. The summed E-state index contributed by atoms with van der Waals surface area (Å²) >= 11 is 3.73. The smallest absolute Gasteiger partial charge is 0.144 e. The van der Waals surface area contributed by atoms with Crippen molar-refractivity contribution in [1.29, 1.82) is 0 Å². The maximum Gasteiger partial charge on any atom is 0.144 e. The minimum atomic E-state index is 0.260. The van der Waals surface area contributed by atoms with Gasteiger partial charge in [-0.05, 0) is 51.9 Å². The average Bonchev–Trinajstić information content (AvgIpc) is 3.21. The number of nitrogens with zero attached hydrogens (tertiary/aromatic N) is 2. The molecule has 1 aliphatic heterocycles. The molecule has 2 heterocycles. The number of aromatic nitrogens is 2. The van der Waals surface area contributed by atoms with Gasteiger partial charge in [0.1, 0.15) is 5.82 Å². The van der Waals surface area contributed by atoms with Crippen LogP contribution < -0.4 is 0 Å². The molecule has 0 saturated heterocycles. The molecule has 1 aromatic heterocycles. The first-order chi connectivity index (χ1) is 14.0. The SMILES string of the molecule is CC(C)c1cccc2c1-n1ccnc1-c1cc(Br)cc(c1)-c1ccccc1C2C. The number of para-hydroxylation sites is 1. The van der Waals surface area contributed by atoms with E-state index in [4.69, 9.17) is 4.98 Å². The zero-order chi connectivity index (χ0) is 20.1. The van der Waals surface area contributed by atoms with E-state index in [2.05, 4.69) is 108 Å². The van der Waals surface area contributed by atoms with E-state index in [1.807, 2.05) is 6.20 Å². The number of halogens is 1. The van der Waals surface area contributed by atoms with Crippen LogP contribution in [0.1, 0.15) is 49.3 Å². The quantitative estimate of drug-likeness (QED) is 0.297. The van der Waals surface area contributed by atoms with E-state index < -0.39 is 0 Å². The Labute approximate surface area is 180 Å². The van der Waals surface area contributed by atoms with Crippen LogP contribution in [-0.4, -0.2) is 9.55 Å². The largest absolute Gasteiger partial charge is 0.299 e. The monoisotopic (exact) mass is 442 g/mol. The molecule has 2 nitrogen and oxygen atoms in total. The van der Waals surface area contributed by atoms with Crippen LogP contribution in [0.25, 0.3) is 28.2 Å². The van der Waals surface area contributed by atoms with E-state index in [1.165, 1.54) is 33.5 Å². The van der Waals surface area contributed by atoms with Gasteiger partial charge >= 0.3 is 0 Å². The minimum Gasteiger partial charge on any atom is -0.299 e. The minimum absolute atomic E-state index is 0.260. The molecular weight excluding hydrogens is 420 g/mol. The van der Waals surface area contributed by atoms with Crippen molar-refractivity contribution in [3.05, 3.63) is 94.2 Å². The third-order valence-electron chi connectivity index (χ3n) is 5.96. The molecule has 2 bridgehead atoms. The molecule has 3 aromatic carbocycles. The van der Waals surface area contributed by atoms with Crippen LogP contribution >= 0.6 is 15.9 Å². The molecule has 0 radical (unpaired) electrons. The Morgan fingerprint density at radius 1 is 0.931 bits per heavy atom. The van der Waals surface area contributed by atoms with Crippen LogP contribution in [0.5, 0.6) is 0 Å². The Balaban J connectivity index is 1.96. The second-order valence-corrected chi connectivity index (χ2v) is 9.01. The van der Waals surface area contributed by atoms with Crippen molar-refractivity contribution in [2.75, 3.05) is 0 Å². The molecule has 1 aliphatic rings. The molecule has 29 heavy (non-hydrogen) atoms. The Morgan fingerprint density at radius 3 is 2.52 bits per heavy atom. The van der Waals surface area contributed by atoms with Gasteiger partial charge in [-0.15, -0.1) is 0 Å². The molecule has 4 aromatic rings. The zero-order valence-electron chi connectivity index (χ0n) is 16.9. The van der Waals surface area contributed by atoms with Crippen molar-refractivity contribution in [3.63, 3.8) is 0 Å². The molecule has 0 aliphatic carbocycles. The van der Waals surface area contributed by atoms with E-state index >= 15 is 0 Å². The third kappa shape index (κ3) is 2.96. The Morgan fingerprint density at radius 2 is 1.69 bits per heavy atom. The highest BCUT2D eigenvalue weighted by Crippen LogP contribution is 2.42. The summed E-state index contributed by atoms with van der Waals surface area (Å²) in [6.45, 7) is 6.85. The summed E-state index contributed by atoms with van der Waals surface area (Å²) in [5.41, 5.74) is 8.92. The predicted octanol–water partition coefficient (Wildman–Crippen LogP) is 7.56. The number of fused-ring (bicyclic) bond motifs is 8. The lowest BCUT2D eigenvalue weighted by Gasteiger charge is -2.26. The lowest BCUT2D eigenvalue weighted by molar-refractivity contribution is 0.823. The summed E-state index contributed by atoms with van der Waals surface area (Å²) in [4.78, 5) is 4.77. The third-order valence-corrected chi connectivity index (χ3v) is 6.42. The predicted molar refractivity (Wildman–Crippen MR) is 124 cm³/mol. The summed E-state index contributed by atoms with van der Waals surface area (Å²) in [7, 11) is 0. The van der Waals surface area contributed by atoms with Gasteiger partial charge in [-0.3, -0.25) is 4.57 Å². The highest BCUT2D eigenvalue weighted by atomic mass is 79.9. The second-order valence-electron chi connectivity index (χ2n) is 8.10. The van der Waals surface area contributed by atoms with Gasteiger partial charge in [0.25, 0.3) is 0 Å². The number of hydrogen-bond acceptors (Lipinski definition) is 1. The first kappa shape index (κ1) is 18.4. The summed E-state index contributed by atoms with van der Waals surface area (Å²) in [6.07, 6.45) is 4.01. The number of imidazole rings is 1. The van der Waals surface area contributed by atoms with Crippen LogP contribution in [0, 0.1) is 0 Å². The molecule has 1 unspecified atom stereocenters. The molecule has 1 atom stereocenters. The molecule has 5 rings (SSSR count). The molecule has 0 amide bonds. The highest BCUT2D eigenvalue weighted by molar-refractivity contribution is 9.10. The van der Waals surface area contributed by atoms with Crippen molar-refractivity contribution < 1.29 is 0 Å². The first-order valence-corrected chi connectivity index (χ1v) is 10.9. The van der Waals surface area contributed by atoms with E-state index in [9.17, 15) is 0 Å². The number of rotatable bonds is 1. The maximum atomic E-state index is 4.77. The molecule has 144 valence electrons. The Kier molecular flexibility index (Phi) is 4.44. The Bertz CT molecular complexity index is 1220. The molecule has 3 heteroatoms. The second kappa shape index (κ2) is 7.00. The number of benzene rings is 3. The van der Waals surface area contributed by atoms with E-state index in [0.29, 0.717) is 5.92 Å². The van der Waals surface area contributed by atoms with Crippen molar-refractivity contribution in [2.24, 2.45) is 0 Å². The molecule has 0 spiro atoms. The maximum absolute atomic E-state index is 4.77. The molecular formula is C26H23BrN2. The van der Waals surface area contributed by atoms with Gasteiger partial charge in [-0.25, -0.2) is 4.98 Å².